The summed E-state index contributed by atoms with van der Waals surface area (Å²) in [5, 5.41) is 2.67. The molecule has 4 rings (SSSR count). The van der Waals surface area contributed by atoms with E-state index in [-0.39, 0.29) is 5.91 Å². The number of carbonyl (C=O) groups is 1. The normalized spacial score (nSPS) is 18.5. The third-order valence-electron chi connectivity index (χ3n) is 6.10. The van der Waals surface area contributed by atoms with Crippen molar-refractivity contribution in [1.82, 2.24) is 4.90 Å². The third-order valence-corrected chi connectivity index (χ3v) is 9.12. The molecule has 1 aliphatic rings. The first-order valence-corrected chi connectivity index (χ1v) is 13.8. The van der Waals surface area contributed by atoms with E-state index in [4.69, 9.17) is 11.6 Å². The van der Waals surface area contributed by atoms with Crippen molar-refractivity contribution >= 4 is 38.2 Å². The number of carbonyl (C=O) groups excluding carboxylic acids is 1. The summed E-state index contributed by atoms with van der Waals surface area (Å²) in [5.74, 6) is 0.220. The number of amides is 1. The number of rotatable bonds is 8. The van der Waals surface area contributed by atoms with Gasteiger partial charge in [-0.1, -0.05) is 0 Å². The second kappa shape index (κ2) is 10.1. The summed E-state index contributed by atoms with van der Waals surface area (Å²) in [6.45, 7) is 4.90. The van der Waals surface area contributed by atoms with Crippen LogP contribution in [0, 0.1) is 5.41 Å². The molecular formula is C28H28ClNOSe. The topological polar surface area (TPSA) is 20.3 Å². The molecule has 3 aromatic carbocycles. The molecule has 0 fully saturated rings. The Morgan fingerprint density at radius 1 is 0.875 bits per heavy atom. The van der Waals surface area contributed by atoms with Crippen molar-refractivity contribution < 1.29 is 4.79 Å². The van der Waals surface area contributed by atoms with Crippen LogP contribution in [0.3, 0.4) is 0 Å². The van der Waals surface area contributed by atoms with Gasteiger partial charge in [0.2, 0.25) is 0 Å². The quantitative estimate of drug-likeness (QED) is 0.305. The van der Waals surface area contributed by atoms with Gasteiger partial charge in [0.25, 0.3) is 0 Å². The molecule has 1 heterocycles. The molecule has 0 saturated heterocycles. The fourth-order valence-electron chi connectivity index (χ4n) is 4.46. The Kier molecular flexibility index (Phi) is 7.20. The summed E-state index contributed by atoms with van der Waals surface area (Å²) in [6, 6.07) is 28.8. The van der Waals surface area contributed by atoms with Crippen molar-refractivity contribution in [2.45, 2.75) is 37.5 Å². The Hall–Kier alpha value is -2.32. The fourth-order valence-corrected chi connectivity index (χ4v) is 7.18. The fraction of sp³-hybridized carbons (Fsp3) is 0.250. The summed E-state index contributed by atoms with van der Waals surface area (Å²) in [7, 11) is 0. The van der Waals surface area contributed by atoms with Crippen LogP contribution in [-0.2, 0) is 16.7 Å². The van der Waals surface area contributed by atoms with Gasteiger partial charge in [0.15, 0.2) is 0 Å². The summed E-state index contributed by atoms with van der Waals surface area (Å²) >= 11 is 6.43. The Balaban J connectivity index is 1.67. The van der Waals surface area contributed by atoms with Crippen molar-refractivity contribution in [2.75, 3.05) is 0 Å². The number of nitrogens with zero attached hydrogens (tertiary/aromatic N) is 1. The van der Waals surface area contributed by atoms with Gasteiger partial charge in [-0.05, 0) is 0 Å². The van der Waals surface area contributed by atoms with Gasteiger partial charge in [-0.2, -0.15) is 0 Å². The SMILES string of the molecule is CCC1=C(c2ccccc2)N(Cc2ccc(Cl)cc2)C(=O)C1(C)C[Se]Cc1ccccc1. The zero-order chi connectivity index (χ0) is 22.6. The number of hydrogen-bond acceptors (Lipinski definition) is 1. The third kappa shape index (κ3) is 4.71. The van der Waals surface area contributed by atoms with Gasteiger partial charge in [0, 0.05) is 0 Å². The Morgan fingerprint density at radius 3 is 2.12 bits per heavy atom. The zero-order valence-electron chi connectivity index (χ0n) is 18.6. The number of benzene rings is 3. The van der Waals surface area contributed by atoms with Crippen LogP contribution in [0.25, 0.3) is 5.70 Å². The molecule has 0 N–H and O–H groups in total. The molecule has 0 spiro atoms. The van der Waals surface area contributed by atoms with Gasteiger partial charge in [0.1, 0.15) is 0 Å². The minimum atomic E-state index is -0.457. The van der Waals surface area contributed by atoms with Gasteiger partial charge in [-0.25, -0.2) is 0 Å². The Morgan fingerprint density at radius 2 is 1.50 bits per heavy atom. The monoisotopic (exact) mass is 509 g/mol. The van der Waals surface area contributed by atoms with E-state index in [0.717, 1.165) is 33.9 Å². The van der Waals surface area contributed by atoms with E-state index in [1.807, 2.05) is 35.2 Å². The standard InChI is InChI=1S/C28H28ClNOSe/c1-3-25-26(23-12-8-5-9-13-23)30(18-21-14-16-24(29)17-15-21)27(31)28(25,2)20-32-19-22-10-6-4-7-11-22/h4-17H,3,18-20H2,1-2H3. The second-order valence-electron chi connectivity index (χ2n) is 8.38. The predicted molar refractivity (Wildman–Crippen MR) is 134 cm³/mol. The molecule has 1 aliphatic heterocycles. The van der Waals surface area contributed by atoms with E-state index in [1.165, 1.54) is 11.1 Å². The van der Waals surface area contributed by atoms with Gasteiger partial charge in [-0.3, -0.25) is 0 Å². The van der Waals surface area contributed by atoms with Crippen LogP contribution in [0.5, 0.6) is 0 Å². The molecule has 0 radical (unpaired) electrons. The first-order valence-electron chi connectivity index (χ1n) is 11.0. The molecule has 0 saturated carbocycles. The zero-order valence-corrected chi connectivity index (χ0v) is 21.0. The summed E-state index contributed by atoms with van der Waals surface area (Å²) in [6.07, 6.45) is 0.866. The van der Waals surface area contributed by atoms with Crippen LogP contribution in [0.1, 0.15) is 37.0 Å². The summed E-state index contributed by atoms with van der Waals surface area (Å²) in [4.78, 5) is 16.0. The predicted octanol–water partition coefficient (Wildman–Crippen LogP) is 6.83. The molecule has 1 atom stereocenters. The van der Waals surface area contributed by atoms with Crippen molar-refractivity contribution in [3.63, 3.8) is 0 Å². The molecule has 0 aromatic heterocycles. The Labute approximate surface area is 202 Å². The van der Waals surface area contributed by atoms with Gasteiger partial charge < -0.3 is 0 Å². The van der Waals surface area contributed by atoms with Crippen molar-refractivity contribution in [1.29, 1.82) is 0 Å². The molecule has 2 nitrogen and oxygen atoms in total. The molecule has 4 heteroatoms. The van der Waals surface area contributed by atoms with E-state index >= 15 is 0 Å². The van der Waals surface area contributed by atoms with Crippen LogP contribution in [0.2, 0.25) is 10.3 Å². The van der Waals surface area contributed by atoms with E-state index < -0.39 is 5.41 Å². The molecule has 164 valence electrons. The van der Waals surface area contributed by atoms with Gasteiger partial charge >= 0.3 is 203 Å². The summed E-state index contributed by atoms with van der Waals surface area (Å²) in [5.41, 5.74) is 5.45. The van der Waals surface area contributed by atoms with Crippen LogP contribution < -0.4 is 0 Å². The van der Waals surface area contributed by atoms with E-state index in [0.29, 0.717) is 26.5 Å². The first-order chi connectivity index (χ1) is 15.5. The van der Waals surface area contributed by atoms with E-state index in [1.54, 1.807) is 0 Å². The average Bonchev–Trinajstić information content (AvgIpc) is 3.03. The average molecular weight is 509 g/mol. The number of halogens is 1. The summed E-state index contributed by atoms with van der Waals surface area (Å²) < 4.78 is 0. The molecule has 3 aromatic rings. The van der Waals surface area contributed by atoms with Gasteiger partial charge in [0.05, 0.1) is 0 Å². The molecule has 0 aliphatic carbocycles. The van der Waals surface area contributed by atoms with Crippen molar-refractivity contribution in [3.8, 4) is 0 Å². The number of hydrogen-bond donors (Lipinski definition) is 0. The molecule has 32 heavy (non-hydrogen) atoms. The van der Waals surface area contributed by atoms with Crippen molar-refractivity contribution in [3.05, 3.63) is 112 Å². The Bertz CT molecular complexity index is 1100. The van der Waals surface area contributed by atoms with Crippen LogP contribution in [0.15, 0.2) is 90.5 Å². The minimum absolute atomic E-state index is 0.220. The van der Waals surface area contributed by atoms with Crippen LogP contribution >= 0.6 is 11.6 Å². The van der Waals surface area contributed by atoms with Crippen LogP contribution in [-0.4, -0.2) is 25.8 Å². The second-order valence-corrected chi connectivity index (χ2v) is 10.9. The van der Waals surface area contributed by atoms with Crippen LogP contribution in [0.4, 0.5) is 0 Å². The first kappa shape index (κ1) is 22.9. The van der Waals surface area contributed by atoms with Gasteiger partial charge in [-0.15, -0.1) is 0 Å². The molecule has 1 amide bonds. The maximum absolute atomic E-state index is 14.0. The molecule has 1 unspecified atom stereocenters. The molecule has 0 bridgehead atoms. The van der Waals surface area contributed by atoms with Crippen molar-refractivity contribution in [2.24, 2.45) is 5.41 Å². The van der Waals surface area contributed by atoms with E-state index in [2.05, 4.69) is 68.4 Å². The molecular weight excluding hydrogens is 481 g/mol. The van der Waals surface area contributed by atoms with E-state index in [9.17, 15) is 4.79 Å². The maximum atomic E-state index is 14.0.